The molecule has 3 aliphatic heterocycles. The van der Waals surface area contributed by atoms with E-state index in [1.807, 2.05) is 30.0 Å². The van der Waals surface area contributed by atoms with Crippen molar-refractivity contribution < 1.29 is 43.7 Å². The number of rotatable bonds is 13. The summed E-state index contributed by atoms with van der Waals surface area (Å²) in [6, 6.07) is 11.9. The molecule has 68 heavy (non-hydrogen) atoms. The van der Waals surface area contributed by atoms with Gasteiger partial charge in [-0.3, -0.25) is 38.9 Å². The van der Waals surface area contributed by atoms with Crippen LogP contribution in [0.15, 0.2) is 54.7 Å². The lowest BCUT2D eigenvalue weighted by Gasteiger charge is -2.37. The predicted octanol–water partition coefficient (Wildman–Crippen LogP) is 4.07. The van der Waals surface area contributed by atoms with Gasteiger partial charge < -0.3 is 39.4 Å². The average Bonchev–Trinajstić information content (AvgIpc) is 4.02. The second-order valence-electron chi connectivity index (χ2n) is 19.7. The molecule has 0 radical (unpaired) electrons. The molecule has 17 heteroatoms. The highest BCUT2D eigenvalue weighted by molar-refractivity contribution is 5.96. The number of esters is 1. The smallest absolute Gasteiger partial charge is 0.324 e. The number of hydrazine groups is 1. The van der Waals surface area contributed by atoms with Crippen LogP contribution in [0.3, 0.4) is 0 Å². The number of cyclic esters (lactones) is 1. The first-order chi connectivity index (χ1) is 32.4. The third-order valence-corrected chi connectivity index (χ3v) is 13.5. The first kappa shape index (κ1) is 50.0. The molecule has 4 aromatic rings. The normalized spacial score (nSPS) is 21.4. The van der Waals surface area contributed by atoms with Gasteiger partial charge in [0.25, 0.3) is 5.91 Å². The van der Waals surface area contributed by atoms with E-state index in [4.69, 9.17) is 14.5 Å². The maximum Gasteiger partial charge on any atom is 0.324 e. The number of hydrogen-bond donors (Lipinski definition) is 4. The van der Waals surface area contributed by atoms with Crippen LogP contribution in [0, 0.1) is 11.3 Å². The number of pyridine rings is 1. The summed E-state index contributed by atoms with van der Waals surface area (Å²) in [6.45, 7) is 13.3. The maximum atomic E-state index is 14.7. The van der Waals surface area contributed by atoms with Gasteiger partial charge in [-0.25, -0.2) is 5.43 Å². The number of carbonyl (C=O) groups is 5. The van der Waals surface area contributed by atoms with Crippen LogP contribution < -0.4 is 10.7 Å². The molecule has 6 bridgehead atoms. The second-order valence-corrected chi connectivity index (χ2v) is 19.7. The number of phenolic OH excluding ortho intramolecular Hbond substituents is 1. The zero-order chi connectivity index (χ0) is 49.2. The zero-order valence-electron chi connectivity index (χ0n) is 40.9. The van der Waals surface area contributed by atoms with Crippen molar-refractivity contribution in [2.24, 2.45) is 11.3 Å². The number of benzene rings is 2. The van der Waals surface area contributed by atoms with Gasteiger partial charge in [0, 0.05) is 81.9 Å². The van der Waals surface area contributed by atoms with E-state index >= 15 is 0 Å². The minimum atomic E-state index is -1.20. The van der Waals surface area contributed by atoms with E-state index in [-0.39, 0.29) is 50.5 Å². The van der Waals surface area contributed by atoms with Crippen LogP contribution in [-0.4, -0.2) is 154 Å². The number of amides is 4. The molecule has 2 aromatic carbocycles. The molecule has 2 fully saturated rings. The lowest BCUT2D eigenvalue weighted by Crippen LogP contribution is -2.62. The number of likely N-dealkylation sites (N-methyl/N-ethyl adjacent to an activating group) is 2. The Hall–Kier alpha value is -5.88. The molecule has 2 saturated heterocycles. The minimum absolute atomic E-state index is 0.0279. The fourth-order valence-electron chi connectivity index (χ4n) is 9.84. The number of β-amino-alcohol motifs (C(OH)–C–C–N with tert-alkyl or cyclic N) is 1. The molecule has 17 nitrogen and oxygen atoms in total. The molecular formula is C51H68N8O9. The number of aromatic hydroxyl groups is 1. The summed E-state index contributed by atoms with van der Waals surface area (Å²) < 4.78 is 14.2. The summed E-state index contributed by atoms with van der Waals surface area (Å²) in [5, 5.41) is 25.9. The van der Waals surface area contributed by atoms with E-state index in [0.29, 0.717) is 50.0 Å². The number of nitrogens with one attached hydrogen (secondary N) is 2. The van der Waals surface area contributed by atoms with Crippen LogP contribution in [0.5, 0.6) is 5.75 Å². The van der Waals surface area contributed by atoms with Crippen molar-refractivity contribution in [1.82, 2.24) is 40.0 Å². The van der Waals surface area contributed by atoms with E-state index in [1.165, 1.54) is 28.9 Å². The highest BCUT2D eigenvalue weighted by Crippen LogP contribution is 2.42. The monoisotopic (exact) mass is 937 g/mol. The fourth-order valence-corrected chi connectivity index (χ4v) is 9.84. The predicted molar refractivity (Wildman–Crippen MR) is 257 cm³/mol. The van der Waals surface area contributed by atoms with Crippen LogP contribution in [-0.2, 0) is 52.8 Å². The largest absolute Gasteiger partial charge is 0.508 e. The van der Waals surface area contributed by atoms with Crippen LogP contribution in [0.4, 0.5) is 0 Å². The van der Waals surface area contributed by atoms with Gasteiger partial charge in [-0.15, -0.1) is 0 Å². The summed E-state index contributed by atoms with van der Waals surface area (Å²) >= 11 is 0. The van der Waals surface area contributed by atoms with Gasteiger partial charge in [-0.05, 0) is 97.7 Å². The molecule has 366 valence electrons. The van der Waals surface area contributed by atoms with Crippen molar-refractivity contribution in [3.63, 3.8) is 0 Å². The number of nitrogens with zero attached hydrogens (tertiary/aromatic N) is 6. The minimum Gasteiger partial charge on any atom is -0.508 e. The van der Waals surface area contributed by atoms with Crippen LogP contribution in [0.25, 0.3) is 33.3 Å². The van der Waals surface area contributed by atoms with Crippen molar-refractivity contribution in [1.29, 1.82) is 0 Å². The van der Waals surface area contributed by atoms with Gasteiger partial charge in [0.2, 0.25) is 17.7 Å². The highest BCUT2D eigenvalue weighted by Gasteiger charge is 2.43. The van der Waals surface area contributed by atoms with E-state index in [2.05, 4.69) is 54.3 Å². The van der Waals surface area contributed by atoms with Crippen LogP contribution in [0.2, 0.25) is 0 Å². The molecular weight excluding hydrogens is 869 g/mol. The summed E-state index contributed by atoms with van der Waals surface area (Å²) in [6.07, 6.45) is 2.89. The van der Waals surface area contributed by atoms with E-state index < -0.39 is 59.2 Å². The highest BCUT2D eigenvalue weighted by atomic mass is 16.5. The third-order valence-electron chi connectivity index (χ3n) is 13.5. The quantitative estimate of drug-likeness (QED) is 0.111. The number of ether oxygens (including phenoxy) is 2. The van der Waals surface area contributed by atoms with Gasteiger partial charge >= 0.3 is 5.97 Å². The molecule has 4 amide bonds. The average molecular weight is 937 g/mol. The summed E-state index contributed by atoms with van der Waals surface area (Å²) in [5.41, 5.74) is 9.41. The molecule has 5 heterocycles. The van der Waals surface area contributed by atoms with E-state index in [0.717, 1.165) is 39.0 Å². The first-order valence-electron chi connectivity index (χ1n) is 23.7. The Labute approximate surface area is 398 Å². The number of aliphatic hydroxyl groups excluding tert-OH is 1. The molecule has 2 aromatic heterocycles. The lowest BCUT2D eigenvalue weighted by molar-refractivity contribution is -0.155. The fraction of sp³-hybridized carbons (Fsp3) is 0.529. The number of phenols is 1. The van der Waals surface area contributed by atoms with Crippen LogP contribution in [0.1, 0.15) is 77.3 Å². The van der Waals surface area contributed by atoms with Gasteiger partial charge in [0.05, 0.1) is 37.3 Å². The van der Waals surface area contributed by atoms with Gasteiger partial charge in [0.1, 0.15) is 29.9 Å². The Morgan fingerprint density at radius 3 is 2.54 bits per heavy atom. The van der Waals surface area contributed by atoms with Gasteiger partial charge in [0.15, 0.2) is 0 Å². The second kappa shape index (κ2) is 20.8. The van der Waals surface area contributed by atoms with Crippen molar-refractivity contribution in [2.75, 3.05) is 60.6 Å². The number of aliphatic hydroxyl groups is 1. The Balaban J connectivity index is 1.27. The zero-order valence-corrected chi connectivity index (χ0v) is 40.9. The van der Waals surface area contributed by atoms with Gasteiger partial charge in [-0.1, -0.05) is 39.8 Å². The Kier molecular flexibility index (Phi) is 15.3. The molecule has 2 unspecified atom stereocenters. The SMILES string of the molecule is CCn1c(-c2cccnc2[C@H](C)OC)c2c3cc(ccc31)-c1cc(O)cc(c1)C[C@H](NC(=O)C(C(C)C)N(C)C(=O)CN(C)C(=O)[C@H]1CN1CCO)C(=O)N1CCC[C@H](N1)C(=O)OCC(C)(C)C2. The number of aryl methyl sites for hydroxylation is 1. The van der Waals surface area contributed by atoms with E-state index in [1.54, 1.807) is 39.3 Å². The Morgan fingerprint density at radius 1 is 1.07 bits per heavy atom. The standard InChI is InChI=1S/C51H68N8O9/c1-10-58-41-16-15-33-25-37(41)38(46(58)36-13-11-17-52-44(36)31(4)67-9)26-51(5,6)29-68-50(66)39-14-12-18-59(54-39)48(64)40(23-32-21-34(33)24-35(61)22-32)53-47(63)45(30(2)3)56(8)43(62)28-55(7)49(65)42-27-57(42)19-20-60/h11,13,15-17,21-22,24-25,30-31,39-40,42,45,54,60-61H,10,12,14,18-20,23,26-29H2,1-9H3,(H,53,63)/t31-,39-,40-,42+,45?,57?/m0/s1. The summed E-state index contributed by atoms with van der Waals surface area (Å²) in [7, 11) is 4.71. The van der Waals surface area contributed by atoms with Crippen LogP contribution >= 0.6 is 0 Å². The molecule has 0 aliphatic carbocycles. The van der Waals surface area contributed by atoms with Crippen molar-refractivity contribution in [2.45, 2.75) is 104 Å². The van der Waals surface area contributed by atoms with Gasteiger partial charge in [-0.2, -0.15) is 0 Å². The summed E-state index contributed by atoms with van der Waals surface area (Å²) in [5.74, 6) is -2.72. The number of carbonyl (C=O) groups excluding carboxylic acids is 5. The maximum absolute atomic E-state index is 14.7. The number of hydrogen-bond acceptors (Lipinski definition) is 12. The number of fused-ring (bicyclic) bond motifs is 6. The molecule has 0 spiro atoms. The molecule has 6 atom stereocenters. The molecule has 0 saturated carbocycles. The molecule has 7 rings (SSSR count). The van der Waals surface area contributed by atoms with Crippen molar-refractivity contribution in [3.8, 4) is 28.1 Å². The van der Waals surface area contributed by atoms with Crippen molar-refractivity contribution in [3.05, 3.63) is 71.5 Å². The Bertz CT molecular complexity index is 2540. The summed E-state index contributed by atoms with van der Waals surface area (Å²) in [4.78, 5) is 79.1. The molecule has 3 aliphatic rings. The lowest BCUT2D eigenvalue weighted by atomic mass is 9.84. The van der Waals surface area contributed by atoms with Crippen molar-refractivity contribution >= 4 is 40.5 Å². The molecule has 4 N–H and O–H groups in total. The number of aromatic nitrogens is 2. The Morgan fingerprint density at radius 2 is 1.84 bits per heavy atom. The third kappa shape index (κ3) is 10.7. The topological polar surface area (TPSA) is 199 Å². The first-order valence-corrected chi connectivity index (χ1v) is 23.7. The van der Waals surface area contributed by atoms with E-state index in [9.17, 15) is 34.2 Å². The number of methoxy groups -OCH3 is 1.